The summed E-state index contributed by atoms with van der Waals surface area (Å²) in [4.78, 5) is 0. The summed E-state index contributed by atoms with van der Waals surface area (Å²) < 4.78 is 5.44. The third-order valence-corrected chi connectivity index (χ3v) is 2.32. The molecule has 3 N–H and O–H groups in total. The molecule has 4 heteroatoms. The van der Waals surface area contributed by atoms with Crippen molar-refractivity contribution in [3.63, 3.8) is 0 Å². The Labute approximate surface area is 95.5 Å². The Morgan fingerprint density at radius 3 is 2.93 bits per heavy atom. The highest BCUT2D eigenvalue weighted by Crippen LogP contribution is 2.17. The summed E-state index contributed by atoms with van der Waals surface area (Å²) in [5, 5.41) is 0.711. The van der Waals surface area contributed by atoms with Gasteiger partial charge in [-0.2, -0.15) is 0 Å². The van der Waals surface area contributed by atoms with Crippen LogP contribution in [0, 0.1) is 0 Å². The van der Waals surface area contributed by atoms with Gasteiger partial charge in [-0.05, 0) is 24.1 Å². The van der Waals surface area contributed by atoms with Gasteiger partial charge >= 0.3 is 0 Å². The number of halogens is 1. The first-order chi connectivity index (χ1) is 7.27. The van der Waals surface area contributed by atoms with Crippen molar-refractivity contribution in [2.45, 2.75) is 19.4 Å². The molecule has 0 amide bonds. The van der Waals surface area contributed by atoms with Crippen LogP contribution in [0.4, 0.5) is 0 Å². The molecule has 0 spiro atoms. The molecule has 0 saturated heterocycles. The minimum absolute atomic E-state index is 0.00440. The van der Waals surface area contributed by atoms with E-state index >= 15 is 0 Å². The molecule has 0 radical (unpaired) electrons. The lowest BCUT2D eigenvalue weighted by Crippen LogP contribution is -2.31. The summed E-state index contributed by atoms with van der Waals surface area (Å²) >= 11 is 5.90. The fourth-order valence-electron chi connectivity index (χ4n) is 1.31. The SMILES string of the molecule is CCCOCC(NN)c1cccc(Cl)c1. The smallest absolute Gasteiger partial charge is 0.0694 e. The van der Waals surface area contributed by atoms with Crippen LogP contribution < -0.4 is 11.3 Å². The highest BCUT2D eigenvalue weighted by atomic mass is 35.5. The third-order valence-electron chi connectivity index (χ3n) is 2.09. The first-order valence-electron chi connectivity index (χ1n) is 5.07. The van der Waals surface area contributed by atoms with Gasteiger partial charge in [-0.1, -0.05) is 30.7 Å². The van der Waals surface area contributed by atoms with Gasteiger partial charge < -0.3 is 4.74 Å². The van der Waals surface area contributed by atoms with Crippen LogP contribution in [0.3, 0.4) is 0 Å². The number of hydrogen-bond acceptors (Lipinski definition) is 3. The summed E-state index contributed by atoms with van der Waals surface area (Å²) in [6.07, 6.45) is 1.01. The van der Waals surface area contributed by atoms with Crippen LogP contribution in [0.15, 0.2) is 24.3 Å². The van der Waals surface area contributed by atoms with Crippen LogP contribution >= 0.6 is 11.6 Å². The van der Waals surface area contributed by atoms with E-state index in [1.165, 1.54) is 0 Å². The Kier molecular flexibility index (Phi) is 5.65. The van der Waals surface area contributed by atoms with Crippen molar-refractivity contribution in [1.29, 1.82) is 0 Å². The molecule has 1 rings (SSSR count). The maximum absolute atomic E-state index is 5.90. The van der Waals surface area contributed by atoms with Gasteiger partial charge in [0, 0.05) is 11.6 Å². The molecule has 1 atom stereocenters. The number of hydrazine groups is 1. The standard InChI is InChI=1S/C11H17ClN2O/c1-2-6-15-8-11(14-13)9-4-3-5-10(12)7-9/h3-5,7,11,14H,2,6,8,13H2,1H3. The van der Waals surface area contributed by atoms with E-state index in [0.29, 0.717) is 11.6 Å². The van der Waals surface area contributed by atoms with Crippen molar-refractivity contribution in [3.05, 3.63) is 34.9 Å². The van der Waals surface area contributed by atoms with E-state index in [9.17, 15) is 0 Å². The molecule has 0 aliphatic rings. The molecular weight excluding hydrogens is 212 g/mol. The second-order valence-electron chi connectivity index (χ2n) is 3.35. The van der Waals surface area contributed by atoms with E-state index in [2.05, 4.69) is 12.3 Å². The molecule has 1 aromatic rings. The fourth-order valence-corrected chi connectivity index (χ4v) is 1.51. The number of ether oxygens (including phenoxy) is 1. The molecule has 0 saturated carbocycles. The molecule has 0 aliphatic carbocycles. The van der Waals surface area contributed by atoms with Gasteiger partial charge in [-0.3, -0.25) is 11.3 Å². The molecule has 0 bridgehead atoms. The Balaban J connectivity index is 2.57. The van der Waals surface area contributed by atoms with Gasteiger partial charge in [0.15, 0.2) is 0 Å². The third kappa shape index (κ3) is 4.18. The number of hydrogen-bond donors (Lipinski definition) is 2. The second-order valence-corrected chi connectivity index (χ2v) is 3.79. The van der Waals surface area contributed by atoms with Crippen LogP contribution in [0.5, 0.6) is 0 Å². The molecule has 1 unspecified atom stereocenters. The van der Waals surface area contributed by atoms with Gasteiger partial charge in [0.1, 0.15) is 0 Å². The molecule has 84 valence electrons. The van der Waals surface area contributed by atoms with Crippen molar-refractivity contribution in [2.75, 3.05) is 13.2 Å². The van der Waals surface area contributed by atoms with Crippen LogP contribution in [-0.2, 0) is 4.74 Å². The van der Waals surface area contributed by atoms with E-state index in [1.54, 1.807) is 0 Å². The topological polar surface area (TPSA) is 47.3 Å². The van der Waals surface area contributed by atoms with Crippen LogP contribution in [0.25, 0.3) is 0 Å². The van der Waals surface area contributed by atoms with E-state index in [1.807, 2.05) is 24.3 Å². The maximum atomic E-state index is 5.90. The van der Waals surface area contributed by atoms with E-state index in [-0.39, 0.29) is 6.04 Å². The molecule has 0 aliphatic heterocycles. The van der Waals surface area contributed by atoms with Gasteiger partial charge in [-0.15, -0.1) is 0 Å². The zero-order valence-corrected chi connectivity index (χ0v) is 9.63. The summed E-state index contributed by atoms with van der Waals surface area (Å²) in [5.41, 5.74) is 3.76. The summed E-state index contributed by atoms with van der Waals surface area (Å²) in [7, 11) is 0. The van der Waals surface area contributed by atoms with Crippen molar-refractivity contribution in [1.82, 2.24) is 5.43 Å². The van der Waals surface area contributed by atoms with Crippen LogP contribution in [-0.4, -0.2) is 13.2 Å². The molecule has 0 heterocycles. The van der Waals surface area contributed by atoms with Gasteiger partial charge in [0.2, 0.25) is 0 Å². The van der Waals surface area contributed by atoms with E-state index in [4.69, 9.17) is 22.2 Å². The molecule has 3 nitrogen and oxygen atoms in total. The van der Waals surface area contributed by atoms with Crippen LogP contribution in [0.1, 0.15) is 24.9 Å². The molecule has 15 heavy (non-hydrogen) atoms. The zero-order valence-electron chi connectivity index (χ0n) is 8.87. The number of rotatable bonds is 6. The minimum Gasteiger partial charge on any atom is -0.379 e. The Bertz CT molecular complexity index is 294. The van der Waals surface area contributed by atoms with Gasteiger partial charge in [-0.25, -0.2) is 0 Å². The molecule has 0 fully saturated rings. The average Bonchev–Trinajstić information content (AvgIpc) is 2.24. The maximum Gasteiger partial charge on any atom is 0.0694 e. The summed E-state index contributed by atoms with van der Waals surface area (Å²) in [5.74, 6) is 5.46. The lowest BCUT2D eigenvalue weighted by atomic mass is 10.1. The summed E-state index contributed by atoms with van der Waals surface area (Å²) in [6, 6.07) is 7.61. The number of nitrogens with two attached hydrogens (primary N) is 1. The molecule has 0 aromatic heterocycles. The second kappa shape index (κ2) is 6.80. The predicted octanol–water partition coefficient (Wildman–Crippen LogP) is 2.27. The lowest BCUT2D eigenvalue weighted by Gasteiger charge is -2.16. The Hall–Kier alpha value is -0.610. The monoisotopic (exact) mass is 228 g/mol. The van der Waals surface area contributed by atoms with Crippen LogP contribution in [0.2, 0.25) is 5.02 Å². The quantitative estimate of drug-likeness (QED) is 0.446. The molecular formula is C11H17ClN2O. The van der Waals surface area contributed by atoms with Gasteiger partial charge in [0.25, 0.3) is 0 Å². The van der Waals surface area contributed by atoms with Crippen molar-refractivity contribution >= 4 is 11.6 Å². The number of nitrogens with one attached hydrogen (secondary N) is 1. The fraction of sp³-hybridized carbons (Fsp3) is 0.455. The highest BCUT2D eigenvalue weighted by molar-refractivity contribution is 6.30. The lowest BCUT2D eigenvalue weighted by molar-refractivity contribution is 0.112. The summed E-state index contributed by atoms with van der Waals surface area (Å²) in [6.45, 7) is 3.38. The van der Waals surface area contributed by atoms with E-state index in [0.717, 1.165) is 18.6 Å². The number of benzene rings is 1. The normalized spacial score (nSPS) is 12.7. The van der Waals surface area contributed by atoms with E-state index < -0.39 is 0 Å². The predicted molar refractivity (Wildman–Crippen MR) is 62.6 cm³/mol. The molecule has 1 aromatic carbocycles. The highest BCUT2D eigenvalue weighted by Gasteiger charge is 2.09. The first kappa shape index (κ1) is 12.5. The minimum atomic E-state index is -0.00440. The Morgan fingerprint density at radius 2 is 2.33 bits per heavy atom. The van der Waals surface area contributed by atoms with Crippen molar-refractivity contribution < 1.29 is 4.74 Å². The van der Waals surface area contributed by atoms with Crippen molar-refractivity contribution in [3.8, 4) is 0 Å². The first-order valence-corrected chi connectivity index (χ1v) is 5.45. The van der Waals surface area contributed by atoms with Crippen molar-refractivity contribution in [2.24, 2.45) is 5.84 Å². The zero-order chi connectivity index (χ0) is 11.1. The largest absolute Gasteiger partial charge is 0.379 e. The Morgan fingerprint density at radius 1 is 1.53 bits per heavy atom. The average molecular weight is 229 g/mol. The van der Waals surface area contributed by atoms with Gasteiger partial charge in [0.05, 0.1) is 12.6 Å².